The van der Waals surface area contributed by atoms with Crippen LogP contribution in [-0.2, 0) is 6.54 Å². The lowest BCUT2D eigenvalue weighted by Crippen LogP contribution is -2.23. The Labute approximate surface area is 128 Å². The second-order valence-corrected chi connectivity index (χ2v) is 5.15. The molecule has 2 aromatic rings. The third kappa shape index (κ3) is 3.67. The third-order valence-corrected chi connectivity index (χ3v) is 3.43. The molecular formula is C16H17ClN2O2. The van der Waals surface area contributed by atoms with Gasteiger partial charge in [0.2, 0.25) is 0 Å². The van der Waals surface area contributed by atoms with E-state index < -0.39 is 0 Å². The van der Waals surface area contributed by atoms with E-state index in [1.807, 2.05) is 19.1 Å². The van der Waals surface area contributed by atoms with E-state index in [0.29, 0.717) is 28.6 Å². The Morgan fingerprint density at radius 2 is 2.05 bits per heavy atom. The molecule has 0 saturated carbocycles. The van der Waals surface area contributed by atoms with E-state index in [1.54, 1.807) is 31.4 Å². The third-order valence-electron chi connectivity index (χ3n) is 3.19. The normalized spacial score (nSPS) is 10.2. The first-order chi connectivity index (χ1) is 10.0. The minimum atomic E-state index is -0.163. The highest BCUT2D eigenvalue weighted by molar-refractivity contribution is 6.31. The first kappa shape index (κ1) is 15.2. The molecule has 0 aliphatic rings. The predicted octanol–water partition coefficient (Wildman–Crippen LogP) is 3.17. The molecule has 0 unspecified atom stereocenters. The number of carbonyl (C=O) groups excluding carboxylic acids is 1. The Morgan fingerprint density at radius 3 is 2.71 bits per heavy atom. The number of halogens is 1. The average molecular weight is 305 g/mol. The summed E-state index contributed by atoms with van der Waals surface area (Å²) < 4.78 is 5.10. The number of amides is 1. The van der Waals surface area contributed by atoms with Crippen molar-refractivity contribution in [2.45, 2.75) is 13.5 Å². The van der Waals surface area contributed by atoms with Crippen LogP contribution in [0.4, 0.5) is 5.69 Å². The number of nitrogen functional groups attached to an aromatic ring is 1. The zero-order valence-electron chi connectivity index (χ0n) is 11.9. The molecule has 0 fully saturated rings. The monoisotopic (exact) mass is 304 g/mol. The van der Waals surface area contributed by atoms with Gasteiger partial charge >= 0.3 is 0 Å². The Morgan fingerprint density at radius 1 is 1.29 bits per heavy atom. The number of anilines is 1. The highest BCUT2D eigenvalue weighted by Gasteiger charge is 2.09. The van der Waals surface area contributed by atoms with Crippen molar-refractivity contribution in [3.8, 4) is 5.75 Å². The summed E-state index contributed by atoms with van der Waals surface area (Å²) in [6.45, 7) is 2.26. The van der Waals surface area contributed by atoms with Crippen molar-refractivity contribution in [3.63, 3.8) is 0 Å². The van der Waals surface area contributed by atoms with Crippen LogP contribution < -0.4 is 15.8 Å². The fourth-order valence-corrected chi connectivity index (χ4v) is 2.18. The number of rotatable bonds is 4. The number of hydrogen-bond donors (Lipinski definition) is 2. The Hall–Kier alpha value is -2.20. The zero-order chi connectivity index (χ0) is 15.4. The van der Waals surface area contributed by atoms with Gasteiger partial charge in [0.05, 0.1) is 12.8 Å². The molecule has 21 heavy (non-hydrogen) atoms. The summed E-state index contributed by atoms with van der Waals surface area (Å²) >= 11 is 5.92. The molecule has 5 heteroatoms. The second kappa shape index (κ2) is 6.50. The maximum Gasteiger partial charge on any atom is 0.251 e. The van der Waals surface area contributed by atoms with Crippen LogP contribution in [0, 0.1) is 6.92 Å². The van der Waals surface area contributed by atoms with Gasteiger partial charge in [-0.2, -0.15) is 0 Å². The van der Waals surface area contributed by atoms with Crippen LogP contribution in [0.15, 0.2) is 36.4 Å². The van der Waals surface area contributed by atoms with Crippen LogP contribution in [0.2, 0.25) is 5.02 Å². The summed E-state index contributed by atoms with van der Waals surface area (Å²) in [5, 5.41) is 3.40. The van der Waals surface area contributed by atoms with Crippen LogP contribution >= 0.6 is 11.6 Å². The van der Waals surface area contributed by atoms with E-state index in [2.05, 4.69) is 5.32 Å². The maximum absolute atomic E-state index is 12.2. The first-order valence-corrected chi connectivity index (χ1v) is 6.86. The van der Waals surface area contributed by atoms with Gasteiger partial charge in [0.25, 0.3) is 5.91 Å². The lowest BCUT2D eigenvalue weighted by Gasteiger charge is -2.10. The standard InChI is InChI=1S/C16H17ClN2O2/c1-10-3-5-12(17)8-13(10)16(20)19-9-11-4-6-15(21-2)14(18)7-11/h3-8H,9,18H2,1-2H3,(H,19,20). The summed E-state index contributed by atoms with van der Waals surface area (Å²) in [5.74, 6) is 0.458. The van der Waals surface area contributed by atoms with E-state index in [1.165, 1.54) is 0 Å². The van der Waals surface area contributed by atoms with E-state index in [9.17, 15) is 4.79 Å². The minimum Gasteiger partial charge on any atom is -0.495 e. The molecule has 110 valence electrons. The molecule has 0 heterocycles. The number of aryl methyl sites for hydroxylation is 1. The number of ether oxygens (including phenoxy) is 1. The molecule has 0 radical (unpaired) electrons. The van der Waals surface area contributed by atoms with Crippen molar-refractivity contribution in [2.24, 2.45) is 0 Å². The summed E-state index contributed by atoms with van der Waals surface area (Å²) in [5.41, 5.74) is 8.74. The molecule has 0 aliphatic heterocycles. The van der Waals surface area contributed by atoms with E-state index in [0.717, 1.165) is 11.1 Å². The SMILES string of the molecule is COc1ccc(CNC(=O)c2cc(Cl)ccc2C)cc1N. The lowest BCUT2D eigenvalue weighted by molar-refractivity contribution is 0.0950. The van der Waals surface area contributed by atoms with Gasteiger partial charge < -0.3 is 15.8 Å². The smallest absolute Gasteiger partial charge is 0.251 e. The lowest BCUT2D eigenvalue weighted by atomic mass is 10.1. The average Bonchev–Trinajstić information content (AvgIpc) is 2.47. The number of nitrogens with one attached hydrogen (secondary N) is 1. The fraction of sp³-hybridized carbons (Fsp3) is 0.188. The number of nitrogens with two attached hydrogens (primary N) is 1. The molecule has 4 nitrogen and oxygen atoms in total. The summed E-state index contributed by atoms with van der Waals surface area (Å²) in [7, 11) is 1.56. The highest BCUT2D eigenvalue weighted by Crippen LogP contribution is 2.22. The Kier molecular flexibility index (Phi) is 4.70. The van der Waals surface area contributed by atoms with Gasteiger partial charge in [-0.1, -0.05) is 23.7 Å². The van der Waals surface area contributed by atoms with E-state index in [4.69, 9.17) is 22.1 Å². The van der Waals surface area contributed by atoms with Crippen LogP contribution in [0.25, 0.3) is 0 Å². The highest BCUT2D eigenvalue weighted by atomic mass is 35.5. The van der Waals surface area contributed by atoms with Crippen LogP contribution in [-0.4, -0.2) is 13.0 Å². The molecule has 0 spiro atoms. The van der Waals surface area contributed by atoms with Gasteiger partial charge in [-0.3, -0.25) is 4.79 Å². The zero-order valence-corrected chi connectivity index (χ0v) is 12.7. The van der Waals surface area contributed by atoms with Gasteiger partial charge in [-0.05, 0) is 42.3 Å². The van der Waals surface area contributed by atoms with Gasteiger partial charge in [-0.15, -0.1) is 0 Å². The molecule has 3 N–H and O–H groups in total. The minimum absolute atomic E-state index is 0.163. The summed E-state index contributed by atoms with van der Waals surface area (Å²) in [6.07, 6.45) is 0. The number of benzene rings is 2. The molecular weight excluding hydrogens is 288 g/mol. The maximum atomic E-state index is 12.2. The van der Waals surface area contributed by atoms with Gasteiger partial charge in [0.15, 0.2) is 0 Å². The molecule has 1 amide bonds. The molecule has 2 rings (SSSR count). The first-order valence-electron chi connectivity index (χ1n) is 6.48. The Bertz CT molecular complexity index is 671. The summed E-state index contributed by atoms with van der Waals surface area (Å²) in [4.78, 5) is 12.2. The van der Waals surface area contributed by atoms with Crippen molar-refractivity contribution in [1.82, 2.24) is 5.32 Å². The topological polar surface area (TPSA) is 64.3 Å². The van der Waals surface area contributed by atoms with Crippen LogP contribution in [0.3, 0.4) is 0 Å². The van der Waals surface area contributed by atoms with Crippen LogP contribution in [0.5, 0.6) is 5.75 Å². The Balaban J connectivity index is 2.07. The number of carbonyl (C=O) groups is 1. The van der Waals surface area contributed by atoms with Crippen molar-refractivity contribution in [3.05, 3.63) is 58.1 Å². The van der Waals surface area contributed by atoms with Crippen molar-refractivity contribution in [1.29, 1.82) is 0 Å². The van der Waals surface area contributed by atoms with Crippen molar-refractivity contribution >= 4 is 23.2 Å². The van der Waals surface area contributed by atoms with Crippen molar-refractivity contribution in [2.75, 3.05) is 12.8 Å². The van der Waals surface area contributed by atoms with Gasteiger partial charge in [0, 0.05) is 17.1 Å². The molecule has 0 aromatic heterocycles. The molecule has 2 aromatic carbocycles. The molecule has 0 atom stereocenters. The fourth-order valence-electron chi connectivity index (χ4n) is 2.01. The second-order valence-electron chi connectivity index (χ2n) is 4.72. The molecule has 0 aliphatic carbocycles. The predicted molar refractivity (Wildman–Crippen MR) is 84.8 cm³/mol. The largest absolute Gasteiger partial charge is 0.495 e. The van der Waals surface area contributed by atoms with Crippen LogP contribution in [0.1, 0.15) is 21.5 Å². The van der Waals surface area contributed by atoms with E-state index >= 15 is 0 Å². The summed E-state index contributed by atoms with van der Waals surface area (Å²) in [6, 6.07) is 10.7. The van der Waals surface area contributed by atoms with Gasteiger partial charge in [-0.25, -0.2) is 0 Å². The quantitative estimate of drug-likeness (QED) is 0.853. The molecule has 0 saturated heterocycles. The van der Waals surface area contributed by atoms with E-state index in [-0.39, 0.29) is 5.91 Å². The number of hydrogen-bond acceptors (Lipinski definition) is 3. The van der Waals surface area contributed by atoms with Crippen molar-refractivity contribution < 1.29 is 9.53 Å². The van der Waals surface area contributed by atoms with Gasteiger partial charge in [0.1, 0.15) is 5.75 Å². The molecule has 0 bridgehead atoms. The number of methoxy groups -OCH3 is 1.